The number of carbonyl (C=O) groups is 1. The maximum Gasteiger partial charge on any atom is 0.158 e. The van der Waals surface area contributed by atoms with Gasteiger partial charge in [-0.3, -0.25) is 4.79 Å². The van der Waals surface area contributed by atoms with E-state index in [4.69, 9.17) is 0 Å². The second-order valence-electron chi connectivity index (χ2n) is 7.75. The van der Waals surface area contributed by atoms with E-state index in [9.17, 15) is 4.79 Å². The van der Waals surface area contributed by atoms with Crippen molar-refractivity contribution in [3.8, 4) is 0 Å². The second kappa shape index (κ2) is 8.51. The molecule has 0 spiro atoms. The zero-order chi connectivity index (χ0) is 18.4. The molecular weight excluding hydrogens is 306 g/mol. The number of benzene rings is 1. The van der Waals surface area contributed by atoms with E-state index in [2.05, 4.69) is 69.0 Å². The molecule has 1 aliphatic rings. The minimum Gasteiger partial charge on any atom is -0.367 e. The monoisotopic (exact) mass is 339 g/mol. The third-order valence-electron chi connectivity index (χ3n) is 5.47. The Kier molecular flexibility index (Phi) is 6.64. The largest absolute Gasteiger partial charge is 0.367 e. The van der Waals surface area contributed by atoms with Crippen molar-refractivity contribution in [1.82, 2.24) is 4.90 Å². The Morgan fingerprint density at radius 1 is 1.20 bits per heavy atom. The van der Waals surface area contributed by atoms with Crippen molar-refractivity contribution in [2.24, 2.45) is 5.41 Å². The zero-order valence-corrected chi connectivity index (χ0v) is 16.6. The first-order chi connectivity index (χ1) is 11.9. The second-order valence-corrected chi connectivity index (χ2v) is 7.75. The lowest BCUT2D eigenvalue weighted by atomic mass is 9.77. The average molecular weight is 340 g/mol. The van der Waals surface area contributed by atoms with Crippen molar-refractivity contribution in [2.45, 2.75) is 66.8 Å². The summed E-state index contributed by atoms with van der Waals surface area (Å²) in [7, 11) is 0. The van der Waals surface area contributed by atoms with Crippen LogP contribution in [0.1, 0.15) is 65.9 Å². The highest BCUT2D eigenvalue weighted by Gasteiger charge is 2.30. The van der Waals surface area contributed by atoms with Crippen LogP contribution in [0.25, 0.3) is 0 Å². The molecular formula is C23H33NO. The molecule has 1 aliphatic heterocycles. The summed E-state index contributed by atoms with van der Waals surface area (Å²) in [5, 5.41) is 0. The predicted octanol–water partition coefficient (Wildman–Crippen LogP) is 5.90. The van der Waals surface area contributed by atoms with E-state index in [-0.39, 0.29) is 11.2 Å². The molecule has 0 unspecified atom stereocenters. The Hall–Kier alpha value is -1.83. The van der Waals surface area contributed by atoms with Crippen LogP contribution in [0, 0.1) is 5.41 Å². The van der Waals surface area contributed by atoms with Gasteiger partial charge in [0.25, 0.3) is 0 Å². The Bertz CT molecular complexity index is 652. The molecule has 25 heavy (non-hydrogen) atoms. The first-order valence-electron chi connectivity index (χ1n) is 9.63. The van der Waals surface area contributed by atoms with E-state index in [0.29, 0.717) is 6.42 Å². The molecule has 2 rings (SSSR count). The molecule has 0 saturated heterocycles. The van der Waals surface area contributed by atoms with Gasteiger partial charge in [0.1, 0.15) is 0 Å². The van der Waals surface area contributed by atoms with E-state index in [0.717, 1.165) is 37.9 Å². The first kappa shape index (κ1) is 19.5. The third kappa shape index (κ3) is 4.84. The van der Waals surface area contributed by atoms with E-state index in [1.165, 1.54) is 16.8 Å². The fourth-order valence-electron chi connectivity index (χ4n) is 3.43. The molecule has 0 atom stereocenters. The van der Waals surface area contributed by atoms with Gasteiger partial charge in [-0.25, -0.2) is 0 Å². The number of carbonyl (C=O) groups excluding carboxylic acids is 1. The molecule has 0 N–H and O–H groups in total. The van der Waals surface area contributed by atoms with E-state index in [1.807, 2.05) is 6.92 Å². The minimum atomic E-state index is 0.186. The topological polar surface area (TPSA) is 20.3 Å². The van der Waals surface area contributed by atoms with Crippen molar-refractivity contribution >= 4 is 5.78 Å². The highest BCUT2D eigenvalue weighted by atomic mass is 16.1. The van der Waals surface area contributed by atoms with Gasteiger partial charge in [-0.05, 0) is 48.0 Å². The van der Waals surface area contributed by atoms with Crippen LogP contribution in [0.15, 0.2) is 53.3 Å². The van der Waals surface area contributed by atoms with Crippen LogP contribution in [0.4, 0.5) is 0 Å². The fourth-order valence-corrected chi connectivity index (χ4v) is 3.43. The Balaban J connectivity index is 2.42. The van der Waals surface area contributed by atoms with Crippen LogP contribution in [0.2, 0.25) is 0 Å². The maximum atomic E-state index is 12.4. The van der Waals surface area contributed by atoms with Gasteiger partial charge >= 0.3 is 0 Å². The van der Waals surface area contributed by atoms with E-state index < -0.39 is 0 Å². The number of hydrogen-bond acceptors (Lipinski definition) is 2. The van der Waals surface area contributed by atoms with Gasteiger partial charge in [0.05, 0.1) is 0 Å². The highest BCUT2D eigenvalue weighted by Crippen LogP contribution is 2.39. The summed E-state index contributed by atoms with van der Waals surface area (Å²) in [6.45, 7) is 12.9. The van der Waals surface area contributed by atoms with E-state index in [1.54, 1.807) is 0 Å². The molecule has 0 amide bonds. The van der Waals surface area contributed by atoms with Gasteiger partial charge in [-0.2, -0.15) is 0 Å². The summed E-state index contributed by atoms with van der Waals surface area (Å²) in [5.74, 6) is 0.283. The zero-order valence-electron chi connectivity index (χ0n) is 16.6. The summed E-state index contributed by atoms with van der Waals surface area (Å²) < 4.78 is 0. The minimum absolute atomic E-state index is 0.186. The number of Topliss-reactive ketones (excluding diaryl/α,β-unsaturated/α-hetero) is 1. The molecule has 2 heteroatoms. The van der Waals surface area contributed by atoms with Gasteiger partial charge in [0, 0.05) is 25.2 Å². The summed E-state index contributed by atoms with van der Waals surface area (Å²) in [5.41, 5.74) is 5.14. The number of hydrogen-bond donors (Lipinski definition) is 0. The van der Waals surface area contributed by atoms with Crippen LogP contribution >= 0.6 is 0 Å². The smallest absolute Gasteiger partial charge is 0.158 e. The van der Waals surface area contributed by atoms with Crippen molar-refractivity contribution in [2.75, 3.05) is 6.54 Å². The van der Waals surface area contributed by atoms with Gasteiger partial charge in [0.15, 0.2) is 5.78 Å². The van der Waals surface area contributed by atoms with Crippen LogP contribution in [-0.2, 0) is 11.3 Å². The van der Waals surface area contributed by atoms with E-state index >= 15 is 0 Å². The molecule has 136 valence electrons. The fraction of sp³-hybridized carbons (Fsp3) is 0.522. The van der Waals surface area contributed by atoms with Crippen LogP contribution in [0.3, 0.4) is 0 Å². The molecule has 0 radical (unpaired) electrons. The quantitative estimate of drug-likeness (QED) is 0.577. The van der Waals surface area contributed by atoms with Gasteiger partial charge in [-0.15, -0.1) is 0 Å². The standard InChI is InChI=1S/C23H33NO/c1-6-11-20(22(25)7-2)16-21-18(3)23(4,5)14-15-24(21)17-19-12-9-8-10-13-19/h8-10,12-13,16H,6-7,11,14-15,17H2,1-5H3/b20-16+. The summed E-state index contributed by atoms with van der Waals surface area (Å²) >= 11 is 0. The van der Waals surface area contributed by atoms with Gasteiger partial charge < -0.3 is 4.90 Å². The lowest BCUT2D eigenvalue weighted by molar-refractivity contribution is -0.115. The van der Waals surface area contributed by atoms with Crippen LogP contribution in [0.5, 0.6) is 0 Å². The Morgan fingerprint density at radius 2 is 1.88 bits per heavy atom. The molecule has 0 fully saturated rings. The number of allylic oxidation sites excluding steroid dienone is 3. The van der Waals surface area contributed by atoms with Crippen molar-refractivity contribution < 1.29 is 4.79 Å². The molecule has 0 saturated carbocycles. The Labute approximate surface area is 153 Å². The third-order valence-corrected chi connectivity index (χ3v) is 5.47. The van der Waals surface area contributed by atoms with Crippen molar-refractivity contribution in [1.29, 1.82) is 0 Å². The van der Waals surface area contributed by atoms with Crippen molar-refractivity contribution in [3.05, 3.63) is 58.8 Å². The molecule has 0 aliphatic carbocycles. The molecule has 0 aromatic heterocycles. The number of nitrogens with zero attached hydrogens (tertiary/aromatic N) is 1. The first-order valence-corrected chi connectivity index (χ1v) is 9.63. The molecule has 0 bridgehead atoms. The van der Waals surface area contributed by atoms with Gasteiger partial charge in [-0.1, -0.05) is 64.4 Å². The normalized spacial score (nSPS) is 17.8. The molecule has 1 aromatic carbocycles. The lowest BCUT2D eigenvalue weighted by Gasteiger charge is -2.41. The summed E-state index contributed by atoms with van der Waals surface area (Å²) in [4.78, 5) is 14.9. The number of rotatable bonds is 7. The molecule has 2 nitrogen and oxygen atoms in total. The van der Waals surface area contributed by atoms with Crippen molar-refractivity contribution in [3.63, 3.8) is 0 Å². The Morgan fingerprint density at radius 3 is 2.48 bits per heavy atom. The summed E-state index contributed by atoms with van der Waals surface area (Å²) in [6.07, 6.45) is 5.79. The predicted molar refractivity (Wildman–Crippen MR) is 106 cm³/mol. The molecule has 1 heterocycles. The average Bonchev–Trinajstić information content (AvgIpc) is 2.61. The maximum absolute atomic E-state index is 12.4. The molecule has 1 aromatic rings. The van der Waals surface area contributed by atoms with Crippen LogP contribution in [-0.4, -0.2) is 17.2 Å². The highest BCUT2D eigenvalue weighted by molar-refractivity contribution is 5.95. The van der Waals surface area contributed by atoms with Gasteiger partial charge in [0.2, 0.25) is 0 Å². The lowest BCUT2D eigenvalue weighted by Crippen LogP contribution is -2.35. The summed E-state index contributed by atoms with van der Waals surface area (Å²) in [6, 6.07) is 10.6. The number of ketones is 1. The SMILES string of the molecule is CCC/C(=C\C1=C(C)C(C)(C)CCN1Cc1ccccc1)C(=O)CC. The van der Waals surface area contributed by atoms with Crippen LogP contribution < -0.4 is 0 Å².